The van der Waals surface area contributed by atoms with E-state index in [1.165, 1.54) is 19.3 Å². The van der Waals surface area contributed by atoms with Crippen molar-refractivity contribution in [1.29, 1.82) is 0 Å². The van der Waals surface area contributed by atoms with Crippen molar-refractivity contribution in [3.05, 3.63) is 11.6 Å². The van der Waals surface area contributed by atoms with Crippen LogP contribution in [-0.4, -0.2) is 17.6 Å². The van der Waals surface area contributed by atoms with E-state index in [1.807, 2.05) is 5.38 Å². The standard InChI is InChI=1S/C10H16N2OS/c11-7-8-3-1-2-4-9(8)13-10-12-5-6-14-10/h5-6,8-9H,1-4,7,11H2. The van der Waals surface area contributed by atoms with Gasteiger partial charge >= 0.3 is 0 Å². The molecule has 2 rings (SSSR count). The molecule has 1 saturated carbocycles. The molecule has 0 saturated heterocycles. The fraction of sp³-hybridized carbons (Fsp3) is 0.700. The first-order valence-electron chi connectivity index (χ1n) is 5.16. The Morgan fingerprint density at radius 1 is 1.50 bits per heavy atom. The van der Waals surface area contributed by atoms with Gasteiger partial charge in [0.15, 0.2) is 0 Å². The maximum Gasteiger partial charge on any atom is 0.273 e. The summed E-state index contributed by atoms with van der Waals surface area (Å²) < 4.78 is 5.83. The van der Waals surface area contributed by atoms with Gasteiger partial charge < -0.3 is 10.5 Å². The Morgan fingerprint density at radius 3 is 3.07 bits per heavy atom. The molecule has 0 radical (unpaired) electrons. The molecule has 1 aromatic rings. The quantitative estimate of drug-likeness (QED) is 0.834. The second-order valence-corrected chi connectivity index (χ2v) is 4.59. The Bertz CT molecular complexity index is 263. The highest BCUT2D eigenvalue weighted by Crippen LogP contribution is 2.28. The molecule has 2 N–H and O–H groups in total. The summed E-state index contributed by atoms with van der Waals surface area (Å²) in [7, 11) is 0. The van der Waals surface area contributed by atoms with Crippen molar-refractivity contribution in [3.8, 4) is 5.19 Å². The molecule has 0 amide bonds. The van der Waals surface area contributed by atoms with E-state index >= 15 is 0 Å². The Kier molecular flexibility index (Phi) is 3.37. The Labute approximate surface area is 88.3 Å². The van der Waals surface area contributed by atoms with Crippen LogP contribution in [0.1, 0.15) is 25.7 Å². The lowest BCUT2D eigenvalue weighted by Crippen LogP contribution is -2.35. The minimum Gasteiger partial charge on any atom is -0.466 e. The predicted octanol–water partition coefficient (Wildman–Crippen LogP) is 2.04. The van der Waals surface area contributed by atoms with Crippen LogP contribution in [0.15, 0.2) is 11.6 Å². The molecular formula is C10H16N2OS. The van der Waals surface area contributed by atoms with Crippen LogP contribution in [0.2, 0.25) is 0 Å². The topological polar surface area (TPSA) is 48.1 Å². The molecule has 0 bridgehead atoms. The largest absolute Gasteiger partial charge is 0.466 e. The first-order valence-corrected chi connectivity index (χ1v) is 6.04. The molecule has 4 heteroatoms. The molecule has 1 aromatic heterocycles. The smallest absolute Gasteiger partial charge is 0.273 e. The second kappa shape index (κ2) is 4.75. The monoisotopic (exact) mass is 212 g/mol. The molecule has 0 aromatic carbocycles. The zero-order chi connectivity index (χ0) is 9.80. The van der Waals surface area contributed by atoms with Crippen LogP contribution in [0.4, 0.5) is 0 Å². The minimum atomic E-state index is 0.292. The average Bonchev–Trinajstić information content (AvgIpc) is 2.71. The van der Waals surface area contributed by atoms with E-state index in [9.17, 15) is 0 Å². The van der Waals surface area contributed by atoms with Crippen molar-refractivity contribution in [1.82, 2.24) is 4.98 Å². The van der Waals surface area contributed by atoms with Gasteiger partial charge in [0.05, 0.1) is 0 Å². The second-order valence-electron chi connectivity index (χ2n) is 3.73. The van der Waals surface area contributed by atoms with Crippen LogP contribution in [0.5, 0.6) is 5.19 Å². The summed E-state index contributed by atoms with van der Waals surface area (Å²) in [6.07, 6.45) is 6.94. The summed E-state index contributed by atoms with van der Waals surface area (Å²) in [6, 6.07) is 0. The minimum absolute atomic E-state index is 0.292. The van der Waals surface area contributed by atoms with Crippen molar-refractivity contribution in [2.24, 2.45) is 11.7 Å². The third-order valence-corrected chi connectivity index (χ3v) is 3.47. The fourth-order valence-electron chi connectivity index (χ4n) is 2.00. The van der Waals surface area contributed by atoms with Gasteiger partial charge in [0, 0.05) is 17.5 Å². The molecule has 14 heavy (non-hydrogen) atoms. The van der Waals surface area contributed by atoms with Crippen molar-refractivity contribution in [2.75, 3.05) is 6.54 Å². The van der Waals surface area contributed by atoms with Gasteiger partial charge in [-0.2, -0.15) is 0 Å². The lowest BCUT2D eigenvalue weighted by molar-refractivity contribution is 0.0967. The van der Waals surface area contributed by atoms with Crippen LogP contribution in [0.3, 0.4) is 0 Å². The zero-order valence-corrected chi connectivity index (χ0v) is 9.00. The number of aromatic nitrogens is 1. The number of ether oxygens (including phenoxy) is 1. The first kappa shape index (κ1) is 9.93. The van der Waals surface area contributed by atoms with Crippen LogP contribution in [-0.2, 0) is 0 Å². The lowest BCUT2D eigenvalue weighted by atomic mass is 9.86. The SMILES string of the molecule is NCC1CCCCC1Oc1nccs1. The number of nitrogens with zero attached hydrogens (tertiary/aromatic N) is 1. The predicted molar refractivity (Wildman–Crippen MR) is 57.5 cm³/mol. The number of nitrogens with two attached hydrogens (primary N) is 1. The number of hydrogen-bond acceptors (Lipinski definition) is 4. The third-order valence-electron chi connectivity index (χ3n) is 2.80. The molecule has 1 heterocycles. The first-order chi connectivity index (χ1) is 6.90. The van der Waals surface area contributed by atoms with Crippen molar-refractivity contribution in [3.63, 3.8) is 0 Å². The summed E-state index contributed by atoms with van der Waals surface area (Å²) in [5.74, 6) is 0.521. The molecule has 1 aliphatic rings. The molecule has 3 nitrogen and oxygen atoms in total. The Balaban J connectivity index is 1.94. The van der Waals surface area contributed by atoms with Crippen LogP contribution in [0, 0.1) is 5.92 Å². The summed E-state index contributed by atoms with van der Waals surface area (Å²) in [4.78, 5) is 4.13. The van der Waals surface area contributed by atoms with Gasteiger partial charge in [-0.3, -0.25) is 0 Å². The van der Waals surface area contributed by atoms with Crippen LogP contribution >= 0.6 is 11.3 Å². The molecule has 2 atom stereocenters. The highest BCUT2D eigenvalue weighted by atomic mass is 32.1. The number of rotatable bonds is 3. The molecule has 0 spiro atoms. The van der Waals surface area contributed by atoms with Gasteiger partial charge in [-0.15, -0.1) is 0 Å². The zero-order valence-electron chi connectivity index (χ0n) is 8.19. The molecule has 0 aliphatic heterocycles. The number of thiazole rings is 1. The summed E-state index contributed by atoms with van der Waals surface area (Å²) in [6.45, 7) is 0.732. The molecule has 2 unspecified atom stereocenters. The lowest BCUT2D eigenvalue weighted by Gasteiger charge is -2.29. The van der Waals surface area contributed by atoms with E-state index in [2.05, 4.69) is 4.98 Å². The molecule has 1 aliphatic carbocycles. The average molecular weight is 212 g/mol. The fourth-order valence-corrected chi connectivity index (χ4v) is 2.54. The maximum atomic E-state index is 5.83. The summed E-state index contributed by atoms with van der Waals surface area (Å²) in [5, 5.41) is 2.73. The highest BCUT2D eigenvalue weighted by molar-refractivity contribution is 7.11. The molecule has 78 valence electrons. The van der Waals surface area contributed by atoms with E-state index < -0.39 is 0 Å². The van der Waals surface area contributed by atoms with Crippen LogP contribution in [0.25, 0.3) is 0 Å². The molecular weight excluding hydrogens is 196 g/mol. The van der Waals surface area contributed by atoms with Gasteiger partial charge in [0.2, 0.25) is 0 Å². The van der Waals surface area contributed by atoms with E-state index in [0.717, 1.165) is 18.2 Å². The van der Waals surface area contributed by atoms with E-state index in [0.29, 0.717) is 12.0 Å². The van der Waals surface area contributed by atoms with Gasteiger partial charge in [-0.1, -0.05) is 17.8 Å². The van der Waals surface area contributed by atoms with Gasteiger partial charge in [-0.05, 0) is 25.8 Å². The van der Waals surface area contributed by atoms with E-state index in [1.54, 1.807) is 17.5 Å². The van der Waals surface area contributed by atoms with Gasteiger partial charge in [0.1, 0.15) is 6.10 Å². The highest BCUT2D eigenvalue weighted by Gasteiger charge is 2.25. The normalized spacial score (nSPS) is 27.5. The van der Waals surface area contributed by atoms with Gasteiger partial charge in [-0.25, -0.2) is 4.98 Å². The summed E-state index contributed by atoms with van der Waals surface area (Å²) in [5.41, 5.74) is 5.73. The van der Waals surface area contributed by atoms with Crippen molar-refractivity contribution >= 4 is 11.3 Å². The Hall–Kier alpha value is -0.610. The van der Waals surface area contributed by atoms with Gasteiger partial charge in [0.25, 0.3) is 5.19 Å². The maximum absolute atomic E-state index is 5.83. The summed E-state index contributed by atoms with van der Waals surface area (Å²) >= 11 is 1.55. The number of hydrogen-bond donors (Lipinski definition) is 1. The van der Waals surface area contributed by atoms with Crippen molar-refractivity contribution in [2.45, 2.75) is 31.8 Å². The van der Waals surface area contributed by atoms with E-state index in [-0.39, 0.29) is 0 Å². The van der Waals surface area contributed by atoms with Crippen molar-refractivity contribution < 1.29 is 4.74 Å². The third kappa shape index (κ3) is 2.25. The molecule has 1 fully saturated rings. The van der Waals surface area contributed by atoms with E-state index in [4.69, 9.17) is 10.5 Å². The van der Waals surface area contributed by atoms with Crippen LogP contribution < -0.4 is 10.5 Å². The Morgan fingerprint density at radius 2 is 2.36 bits per heavy atom.